The van der Waals surface area contributed by atoms with Crippen molar-refractivity contribution in [3.05, 3.63) is 0 Å². The molecule has 0 saturated carbocycles. The molecule has 138 valence electrons. The molecule has 24 heavy (non-hydrogen) atoms. The largest absolute Gasteiger partial charge is 0.516 e. The van der Waals surface area contributed by atoms with Crippen LogP contribution in [0.15, 0.2) is 0 Å². The average Bonchev–Trinajstić information content (AvgIpc) is 2.79. The van der Waals surface area contributed by atoms with Gasteiger partial charge in [0, 0.05) is 0 Å². The van der Waals surface area contributed by atoms with Gasteiger partial charge in [-0.15, -0.1) is 0 Å². The van der Waals surface area contributed by atoms with Crippen molar-refractivity contribution in [2.24, 2.45) is 5.92 Å². The van der Waals surface area contributed by atoms with E-state index in [0.29, 0.717) is 0 Å². The predicted molar refractivity (Wildman–Crippen MR) is 88.8 cm³/mol. The van der Waals surface area contributed by atoms with E-state index in [1.165, 1.54) is 0 Å². The van der Waals surface area contributed by atoms with Crippen molar-refractivity contribution in [3.63, 3.8) is 0 Å². The lowest BCUT2D eigenvalue weighted by molar-refractivity contribution is -0.150. The maximum atomic E-state index is 12.2. The Morgan fingerprint density at radius 3 is 2.42 bits per heavy atom. The summed E-state index contributed by atoms with van der Waals surface area (Å²) in [4.78, 5) is 35.1. The molecule has 1 aliphatic rings. The van der Waals surface area contributed by atoms with Gasteiger partial charge in [-0.25, -0.2) is 4.79 Å². The number of carbonyl (C=O) groups excluding carboxylic acids is 3. The van der Waals surface area contributed by atoms with E-state index in [2.05, 4.69) is 43.3 Å². The van der Waals surface area contributed by atoms with Gasteiger partial charge in [0.15, 0.2) is 8.32 Å². The molecule has 0 aromatic heterocycles. The Morgan fingerprint density at radius 1 is 1.33 bits per heavy atom. The molecular formula is C16H28O7Si. The molecule has 0 radical (unpaired) electrons. The van der Waals surface area contributed by atoms with Crippen LogP contribution in [0.2, 0.25) is 18.1 Å². The number of carbonyl (C=O) groups is 3. The summed E-state index contributed by atoms with van der Waals surface area (Å²) < 4.78 is 20.7. The summed E-state index contributed by atoms with van der Waals surface area (Å²) in [5.41, 5.74) is 0. The van der Waals surface area contributed by atoms with Crippen molar-refractivity contribution in [1.82, 2.24) is 0 Å². The number of ether oxygens (including phenoxy) is 3. The summed E-state index contributed by atoms with van der Waals surface area (Å²) in [5.74, 6) is -2.20. The van der Waals surface area contributed by atoms with Gasteiger partial charge in [-0.2, -0.15) is 0 Å². The highest BCUT2D eigenvalue weighted by molar-refractivity contribution is 6.74. The van der Waals surface area contributed by atoms with Crippen LogP contribution in [0, 0.1) is 5.92 Å². The molecule has 3 atom stereocenters. The quantitative estimate of drug-likeness (QED) is 0.423. The van der Waals surface area contributed by atoms with Crippen LogP contribution >= 0.6 is 0 Å². The van der Waals surface area contributed by atoms with E-state index >= 15 is 0 Å². The minimum Gasteiger partial charge on any atom is -0.459 e. The highest BCUT2D eigenvalue weighted by Crippen LogP contribution is 2.39. The maximum absolute atomic E-state index is 12.2. The van der Waals surface area contributed by atoms with Crippen LogP contribution in [0.5, 0.6) is 0 Å². The second-order valence-corrected chi connectivity index (χ2v) is 12.2. The first-order valence-corrected chi connectivity index (χ1v) is 11.1. The number of rotatable bonds is 5. The average molecular weight is 360 g/mol. The zero-order valence-corrected chi connectivity index (χ0v) is 16.5. The molecule has 0 aromatic rings. The van der Waals surface area contributed by atoms with E-state index in [0.717, 1.165) is 0 Å². The summed E-state index contributed by atoms with van der Waals surface area (Å²) in [6.45, 7) is 13.9. The molecule has 0 bridgehead atoms. The molecule has 0 N–H and O–H groups in total. The lowest BCUT2D eigenvalue weighted by Gasteiger charge is -2.39. The van der Waals surface area contributed by atoms with E-state index in [9.17, 15) is 14.4 Å². The molecule has 7 nitrogen and oxygen atoms in total. The Bertz CT molecular complexity index is 495. The van der Waals surface area contributed by atoms with Gasteiger partial charge in [-0.05, 0) is 32.0 Å². The minimum atomic E-state index is -2.10. The third-order valence-electron chi connectivity index (χ3n) is 4.55. The van der Waals surface area contributed by atoms with E-state index in [1.54, 1.807) is 13.8 Å². The molecule has 8 heteroatoms. The summed E-state index contributed by atoms with van der Waals surface area (Å²) in [6, 6.07) is 0. The monoisotopic (exact) mass is 360 g/mol. The first kappa shape index (κ1) is 20.6. The Kier molecular flexibility index (Phi) is 6.57. The topological polar surface area (TPSA) is 88.1 Å². The van der Waals surface area contributed by atoms with Gasteiger partial charge in [0.2, 0.25) is 0 Å². The third-order valence-corrected chi connectivity index (χ3v) is 9.12. The van der Waals surface area contributed by atoms with Crippen LogP contribution < -0.4 is 0 Å². The second-order valence-electron chi connectivity index (χ2n) is 7.45. The first-order chi connectivity index (χ1) is 10.9. The van der Waals surface area contributed by atoms with Gasteiger partial charge in [0.25, 0.3) is 0 Å². The van der Waals surface area contributed by atoms with Crippen LogP contribution in [0.3, 0.4) is 0 Å². The van der Waals surface area contributed by atoms with Crippen molar-refractivity contribution in [1.29, 1.82) is 0 Å². The van der Waals surface area contributed by atoms with E-state index in [1.807, 2.05) is 0 Å². The van der Waals surface area contributed by atoms with E-state index < -0.39 is 44.5 Å². The van der Waals surface area contributed by atoms with Crippen molar-refractivity contribution in [3.8, 4) is 0 Å². The predicted octanol–water partition coefficient (Wildman–Crippen LogP) is 3.03. The Labute approximate surface area is 144 Å². The van der Waals surface area contributed by atoms with E-state index in [4.69, 9.17) is 9.16 Å². The van der Waals surface area contributed by atoms with Crippen molar-refractivity contribution in [2.75, 3.05) is 6.61 Å². The van der Waals surface area contributed by atoms with Crippen molar-refractivity contribution in [2.45, 2.75) is 71.4 Å². The molecule has 1 heterocycles. The Balaban J connectivity index is 2.82. The molecular weight excluding hydrogens is 332 g/mol. The summed E-state index contributed by atoms with van der Waals surface area (Å²) in [5, 5.41) is -0.0230. The fourth-order valence-electron chi connectivity index (χ4n) is 2.23. The molecule has 0 aromatic carbocycles. The van der Waals surface area contributed by atoms with E-state index in [-0.39, 0.29) is 18.1 Å². The zero-order valence-electron chi connectivity index (χ0n) is 15.5. The minimum absolute atomic E-state index is 0.0230. The van der Waals surface area contributed by atoms with Crippen molar-refractivity contribution < 1.29 is 33.0 Å². The number of esters is 2. The fourth-order valence-corrected chi connectivity index (χ4v) is 3.65. The van der Waals surface area contributed by atoms with Crippen LogP contribution in [0.25, 0.3) is 0 Å². The number of hydrogen-bond donors (Lipinski definition) is 0. The maximum Gasteiger partial charge on any atom is 0.516 e. The molecule has 0 spiro atoms. The van der Waals surface area contributed by atoms with Gasteiger partial charge < -0.3 is 18.6 Å². The summed E-state index contributed by atoms with van der Waals surface area (Å²) >= 11 is 0. The molecule has 1 rings (SSSR count). The van der Waals surface area contributed by atoms with Crippen LogP contribution in [-0.4, -0.2) is 45.2 Å². The standard InChI is InChI=1S/C16H28O7Si/c1-8-20-15(19)22-14(18)11-9-12(17)21-13(11)10(2)23-24(6,7)16(3,4)5/h10-11,13H,8-9H2,1-7H3/t10-,11-,13+/m0/s1. The molecule has 0 aliphatic carbocycles. The zero-order chi connectivity index (χ0) is 18.7. The molecule has 1 fully saturated rings. The van der Waals surface area contributed by atoms with Gasteiger partial charge >= 0.3 is 18.1 Å². The lowest BCUT2D eigenvalue weighted by Crippen LogP contribution is -2.48. The Morgan fingerprint density at radius 2 is 1.92 bits per heavy atom. The SMILES string of the molecule is CCOC(=O)OC(=O)[C@H]1CC(=O)O[C@@H]1[C@H](C)O[Si](C)(C)C(C)(C)C. The van der Waals surface area contributed by atoms with Gasteiger partial charge in [0.1, 0.15) is 12.0 Å². The van der Waals surface area contributed by atoms with Crippen LogP contribution in [0.4, 0.5) is 4.79 Å². The van der Waals surface area contributed by atoms with Gasteiger partial charge in [0.05, 0.1) is 19.1 Å². The van der Waals surface area contributed by atoms with Gasteiger partial charge in [-0.3, -0.25) is 9.59 Å². The highest BCUT2D eigenvalue weighted by atomic mass is 28.4. The number of hydrogen-bond acceptors (Lipinski definition) is 7. The molecule has 1 aliphatic heterocycles. The van der Waals surface area contributed by atoms with Crippen molar-refractivity contribution >= 4 is 26.4 Å². The second kappa shape index (κ2) is 7.65. The summed E-state index contributed by atoms with van der Waals surface area (Å²) in [6.07, 6.45) is -2.45. The Hall–Kier alpha value is -1.41. The third kappa shape index (κ3) is 5.04. The van der Waals surface area contributed by atoms with Crippen LogP contribution in [0.1, 0.15) is 41.0 Å². The first-order valence-electron chi connectivity index (χ1n) is 8.14. The summed E-state index contributed by atoms with van der Waals surface area (Å²) in [7, 11) is -2.10. The normalized spacial score (nSPS) is 22.7. The molecule has 0 unspecified atom stereocenters. The number of cyclic esters (lactones) is 1. The smallest absolute Gasteiger partial charge is 0.459 e. The lowest BCUT2D eigenvalue weighted by atomic mass is 9.98. The van der Waals surface area contributed by atoms with Crippen LogP contribution in [-0.2, 0) is 28.2 Å². The van der Waals surface area contributed by atoms with Gasteiger partial charge in [-0.1, -0.05) is 20.8 Å². The molecule has 0 amide bonds. The highest BCUT2D eigenvalue weighted by Gasteiger charge is 2.48. The fraction of sp³-hybridized carbons (Fsp3) is 0.812. The molecule has 1 saturated heterocycles.